The van der Waals surface area contributed by atoms with Crippen LogP contribution in [0.5, 0.6) is 11.5 Å². The highest BCUT2D eigenvalue weighted by atomic mass is 35.5. The first-order valence-electron chi connectivity index (χ1n) is 9.80. The van der Waals surface area contributed by atoms with Crippen molar-refractivity contribution in [2.75, 3.05) is 23.8 Å². The molecule has 0 bridgehead atoms. The molecule has 2 aromatic carbocycles. The van der Waals surface area contributed by atoms with Gasteiger partial charge in [-0.05, 0) is 49.2 Å². The average molecular weight is 424 g/mol. The Morgan fingerprint density at radius 1 is 1.03 bits per heavy atom. The molecule has 4 rings (SSSR count). The van der Waals surface area contributed by atoms with E-state index in [-0.39, 0.29) is 5.91 Å². The number of fused-ring (bicyclic) bond motifs is 1. The van der Waals surface area contributed by atoms with Gasteiger partial charge in [0.05, 0.1) is 6.61 Å². The third kappa shape index (κ3) is 4.49. The number of anilines is 2. The van der Waals surface area contributed by atoms with Gasteiger partial charge in [-0.2, -0.15) is 0 Å². The molecule has 2 heterocycles. The van der Waals surface area contributed by atoms with Crippen molar-refractivity contribution >= 4 is 29.1 Å². The summed E-state index contributed by atoms with van der Waals surface area (Å²) in [5, 5.41) is 0.673. The van der Waals surface area contributed by atoms with Crippen molar-refractivity contribution in [2.24, 2.45) is 0 Å². The molecule has 0 radical (unpaired) electrons. The number of hydrogen-bond donors (Lipinski definition) is 1. The van der Waals surface area contributed by atoms with Gasteiger partial charge in [-0.3, -0.25) is 9.69 Å². The maximum Gasteiger partial charge on any atom is 0.274 e. The van der Waals surface area contributed by atoms with Crippen molar-refractivity contribution in [3.8, 4) is 11.5 Å². The molecule has 1 amide bonds. The van der Waals surface area contributed by atoms with E-state index in [2.05, 4.69) is 4.98 Å². The smallest absolute Gasteiger partial charge is 0.274 e. The molecule has 0 aliphatic carbocycles. The highest BCUT2D eigenvalue weighted by Gasteiger charge is 2.36. The number of carbonyl (C=O) groups is 1. The number of nitrogens with two attached hydrogens (primary N) is 1. The maximum atomic E-state index is 13.2. The number of unbranched alkanes of at least 4 members (excludes halogenated alkanes) is 1. The van der Waals surface area contributed by atoms with Gasteiger partial charge < -0.3 is 15.2 Å². The first kappa shape index (κ1) is 20.0. The van der Waals surface area contributed by atoms with Gasteiger partial charge in [-0.25, -0.2) is 4.98 Å². The Morgan fingerprint density at radius 3 is 2.57 bits per heavy atom. The summed E-state index contributed by atoms with van der Waals surface area (Å²) in [6, 6.07) is 20.1. The lowest BCUT2D eigenvalue weighted by atomic mass is 10.1. The number of pyridine rings is 1. The number of aromatic nitrogens is 1. The number of hydrogen-bond acceptors (Lipinski definition) is 5. The Morgan fingerprint density at radius 2 is 1.80 bits per heavy atom. The SMILES string of the molecule is Nc1ccc2c(n1)N(CCCCOc1ccc(Cl)cc1)C(=O)C(c1ccccc1)O2. The molecule has 1 aliphatic heterocycles. The normalized spacial score (nSPS) is 15.4. The van der Waals surface area contributed by atoms with Crippen LogP contribution in [0.15, 0.2) is 66.7 Å². The van der Waals surface area contributed by atoms with Gasteiger partial charge in [-0.1, -0.05) is 41.9 Å². The van der Waals surface area contributed by atoms with Crippen LogP contribution in [0.2, 0.25) is 5.02 Å². The number of nitrogens with zero attached hydrogens (tertiary/aromatic N) is 2. The Kier molecular flexibility index (Phi) is 6.05. The van der Waals surface area contributed by atoms with Crippen molar-refractivity contribution in [2.45, 2.75) is 18.9 Å². The standard InChI is InChI=1S/C23H22ClN3O3/c24-17-8-10-18(11-9-17)29-15-5-4-14-27-22-19(12-13-20(25)26-22)30-21(23(27)28)16-6-2-1-3-7-16/h1-3,6-13,21H,4-5,14-15H2,(H2,25,26). The van der Waals surface area contributed by atoms with E-state index in [9.17, 15) is 4.79 Å². The zero-order valence-electron chi connectivity index (χ0n) is 16.3. The molecule has 7 heteroatoms. The minimum Gasteiger partial charge on any atom is -0.494 e. The highest BCUT2D eigenvalue weighted by molar-refractivity contribution is 6.30. The number of rotatable bonds is 7. The summed E-state index contributed by atoms with van der Waals surface area (Å²) in [4.78, 5) is 19.2. The lowest BCUT2D eigenvalue weighted by molar-refractivity contribution is -0.126. The minimum absolute atomic E-state index is 0.148. The monoisotopic (exact) mass is 423 g/mol. The molecule has 1 atom stereocenters. The van der Waals surface area contributed by atoms with Gasteiger partial charge in [0.2, 0.25) is 6.10 Å². The van der Waals surface area contributed by atoms with Crippen LogP contribution >= 0.6 is 11.6 Å². The molecule has 2 N–H and O–H groups in total. The lowest BCUT2D eigenvalue weighted by Gasteiger charge is -2.33. The molecule has 154 valence electrons. The number of halogens is 1. The van der Waals surface area contributed by atoms with Crippen molar-refractivity contribution in [1.82, 2.24) is 4.98 Å². The molecular weight excluding hydrogens is 402 g/mol. The lowest BCUT2D eigenvalue weighted by Crippen LogP contribution is -2.42. The number of amides is 1. The van der Waals surface area contributed by atoms with Crippen molar-refractivity contribution in [3.63, 3.8) is 0 Å². The van der Waals surface area contributed by atoms with E-state index in [1.165, 1.54) is 0 Å². The molecule has 0 fully saturated rings. The summed E-state index contributed by atoms with van der Waals surface area (Å²) in [5.74, 6) is 1.98. The average Bonchev–Trinajstić information content (AvgIpc) is 2.76. The summed E-state index contributed by atoms with van der Waals surface area (Å²) in [5.41, 5.74) is 6.66. The van der Waals surface area contributed by atoms with Crippen LogP contribution in [0.4, 0.5) is 11.6 Å². The van der Waals surface area contributed by atoms with Gasteiger partial charge in [0.15, 0.2) is 11.6 Å². The summed E-state index contributed by atoms with van der Waals surface area (Å²) < 4.78 is 11.7. The first-order valence-corrected chi connectivity index (χ1v) is 10.2. The van der Waals surface area contributed by atoms with Crippen molar-refractivity contribution < 1.29 is 14.3 Å². The molecule has 6 nitrogen and oxygen atoms in total. The van der Waals surface area contributed by atoms with Crippen molar-refractivity contribution in [3.05, 3.63) is 77.3 Å². The van der Waals surface area contributed by atoms with Crippen LogP contribution in [-0.2, 0) is 4.79 Å². The van der Waals surface area contributed by atoms with E-state index >= 15 is 0 Å². The number of benzene rings is 2. The molecule has 3 aromatic rings. The summed E-state index contributed by atoms with van der Waals surface area (Å²) in [6.45, 7) is 1.04. The molecule has 1 aromatic heterocycles. The fourth-order valence-corrected chi connectivity index (χ4v) is 3.43. The van der Waals surface area contributed by atoms with Crippen LogP contribution in [0, 0.1) is 0 Å². The zero-order valence-corrected chi connectivity index (χ0v) is 17.1. The van der Waals surface area contributed by atoms with E-state index in [1.54, 1.807) is 29.2 Å². The summed E-state index contributed by atoms with van der Waals surface area (Å²) in [7, 11) is 0. The third-order valence-corrected chi connectivity index (χ3v) is 5.06. The van der Waals surface area contributed by atoms with Crippen LogP contribution < -0.4 is 20.1 Å². The molecule has 1 aliphatic rings. The topological polar surface area (TPSA) is 77.7 Å². The Labute approximate surface area is 180 Å². The van der Waals surface area contributed by atoms with E-state index in [0.29, 0.717) is 35.6 Å². The van der Waals surface area contributed by atoms with Crippen LogP contribution in [0.3, 0.4) is 0 Å². The van der Waals surface area contributed by atoms with E-state index in [0.717, 1.165) is 24.2 Å². The number of carbonyl (C=O) groups excluding carboxylic acids is 1. The summed E-state index contributed by atoms with van der Waals surface area (Å²) >= 11 is 5.89. The van der Waals surface area contributed by atoms with Gasteiger partial charge in [-0.15, -0.1) is 0 Å². The largest absolute Gasteiger partial charge is 0.494 e. The number of nitrogen functional groups attached to an aromatic ring is 1. The molecule has 0 saturated heterocycles. The second kappa shape index (κ2) is 9.05. The third-order valence-electron chi connectivity index (χ3n) is 4.81. The van der Waals surface area contributed by atoms with E-state index in [4.69, 9.17) is 26.8 Å². The van der Waals surface area contributed by atoms with Crippen LogP contribution in [-0.4, -0.2) is 24.0 Å². The predicted octanol–water partition coefficient (Wildman–Crippen LogP) is 4.64. The second-order valence-corrected chi connectivity index (χ2v) is 7.40. The van der Waals surface area contributed by atoms with E-state index < -0.39 is 6.10 Å². The molecule has 30 heavy (non-hydrogen) atoms. The van der Waals surface area contributed by atoms with E-state index in [1.807, 2.05) is 42.5 Å². The van der Waals surface area contributed by atoms with Crippen molar-refractivity contribution in [1.29, 1.82) is 0 Å². The van der Waals surface area contributed by atoms with Gasteiger partial charge in [0.25, 0.3) is 5.91 Å². The van der Waals surface area contributed by atoms with Crippen LogP contribution in [0.25, 0.3) is 0 Å². The van der Waals surface area contributed by atoms with Gasteiger partial charge in [0.1, 0.15) is 11.6 Å². The first-order chi connectivity index (χ1) is 14.6. The second-order valence-electron chi connectivity index (χ2n) is 6.97. The molecule has 1 unspecified atom stereocenters. The minimum atomic E-state index is -0.700. The Bertz CT molecular complexity index is 1010. The van der Waals surface area contributed by atoms with Gasteiger partial charge >= 0.3 is 0 Å². The molecule has 0 spiro atoms. The zero-order chi connectivity index (χ0) is 20.9. The predicted molar refractivity (Wildman–Crippen MR) is 117 cm³/mol. The number of ether oxygens (including phenoxy) is 2. The Hall–Kier alpha value is -3.25. The Balaban J connectivity index is 1.43. The highest BCUT2D eigenvalue weighted by Crippen LogP contribution is 2.38. The summed E-state index contributed by atoms with van der Waals surface area (Å²) in [6.07, 6.45) is 0.826. The van der Waals surface area contributed by atoms with Gasteiger partial charge in [0, 0.05) is 17.1 Å². The molecule has 0 saturated carbocycles. The fourth-order valence-electron chi connectivity index (χ4n) is 3.31. The fraction of sp³-hybridized carbons (Fsp3) is 0.217. The van der Waals surface area contributed by atoms with Crippen LogP contribution in [0.1, 0.15) is 24.5 Å². The quantitative estimate of drug-likeness (QED) is 0.560. The molecular formula is C23H22ClN3O3. The maximum absolute atomic E-state index is 13.2.